The largest absolute Gasteiger partial charge is 0.450 e. The van der Waals surface area contributed by atoms with Crippen LogP contribution in [-0.4, -0.2) is 30.9 Å². The second kappa shape index (κ2) is 11.4. The van der Waals surface area contributed by atoms with Crippen molar-refractivity contribution < 1.29 is 23.4 Å². The van der Waals surface area contributed by atoms with E-state index in [9.17, 15) is 14.2 Å². The van der Waals surface area contributed by atoms with Crippen LogP contribution in [0.4, 0.5) is 4.79 Å². The first-order valence-electron chi connectivity index (χ1n) is 9.25. The normalized spacial score (nSPS) is 13.9. The highest BCUT2D eigenvalue weighted by Gasteiger charge is 2.35. The van der Waals surface area contributed by atoms with Crippen LogP contribution in [0.1, 0.15) is 24.5 Å². The van der Waals surface area contributed by atoms with Crippen LogP contribution in [0.25, 0.3) is 0 Å². The van der Waals surface area contributed by atoms with E-state index in [-0.39, 0.29) is 19.4 Å². The number of carbonyl (C=O) groups is 2. The lowest BCUT2D eigenvalue weighted by Crippen LogP contribution is -2.37. The number of benzene rings is 2. The van der Waals surface area contributed by atoms with Gasteiger partial charge in [0.1, 0.15) is 12.1 Å². The van der Waals surface area contributed by atoms with Crippen molar-refractivity contribution in [1.29, 1.82) is 0 Å². The number of aldehydes is 1. The van der Waals surface area contributed by atoms with Gasteiger partial charge in [-0.25, -0.2) is 4.79 Å². The highest BCUT2D eigenvalue weighted by atomic mass is 31.2. The molecule has 0 bridgehead atoms. The molecule has 0 radical (unpaired) electrons. The van der Waals surface area contributed by atoms with E-state index in [2.05, 4.69) is 5.32 Å². The molecule has 150 valence electrons. The summed E-state index contributed by atoms with van der Waals surface area (Å²) >= 11 is 0. The Balaban J connectivity index is 2.16. The third-order valence-corrected chi connectivity index (χ3v) is 6.77. The summed E-state index contributed by atoms with van der Waals surface area (Å²) in [6, 6.07) is 18.9. The van der Waals surface area contributed by atoms with Gasteiger partial charge in [-0.15, -0.1) is 0 Å². The molecule has 0 heterocycles. The number of alkyl carbamates (subject to hydrolysis) is 1. The molecule has 1 N–H and O–H groups in total. The van der Waals surface area contributed by atoms with Gasteiger partial charge >= 0.3 is 6.09 Å². The molecule has 0 spiro atoms. The number of carbonyl (C=O) groups excluding carboxylic acids is 2. The Hall–Kier alpha value is -2.43. The fourth-order valence-electron chi connectivity index (χ4n) is 2.76. The van der Waals surface area contributed by atoms with Gasteiger partial charge in [0.15, 0.2) is 0 Å². The SMILES string of the molecule is CCOC(=O)NC(CCc1ccccc1)P(=O)(CC=O)OCc1ccccc1. The van der Waals surface area contributed by atoms with E-state index in [4.69, 9.17) is 9.26 Å². The molecule has 7 heteroatoms. The molecular weight excluding hydrogens is 377 g/mol. The van der Waals surface area contributed by atoms with Crippen molar-refractivity contribution in [2.24, 2.45) is 0 Å². The third kappa shape index (κ3) is 6.95. The molecule has 0 aliphatic heterocycles. The fraction of sp³-hybridized carbons (Fsp3) is 0.333. The predicted molar refractivity (Wildman–Crippen MR) is 108 cm³/mol. The average Bonchev–Trinajstić information content (AvgIpc) is 2.71. The summed E-state index contributed by atoms with van der Waals surface area (Å²) in [5.74, 6) is -0.819. The van der Waals surface area contributed by atoms with Crippen LogP contribution in [0.5, 0.6) is 0 Å². The van der Waals surface area contributed by atoms with E-state index >= 15 is 0 Å². The lowest BCUT2D eigenvalue weighted by molar-refractivity contribution is -0.106. The Morgan fingerprint density at radius 1 is 1.07 bits per heavy atom. The maximum absolute atomic E-state index is 13.5. The lowest BCUT2D eigenvalue weighted by Gasteiger charge is -2.27. The summed E-state index contributed by atoms with van der Waals surface area (Å²) in [4.78, 5) is 23.2. The predicted octanol–water partition coefficient (Wildman–Crippen LogP) is 4.39. The van der Waals surface area contributed by atoms with E-state index in [0.29, 0.717) is 19.1 Å². The Morgan fingerprint density at radius 2 is 1.68 bits per heavy atom. The van der Waals surface area contributed by atoms with Crippen LogP contribution >= 0.6 is 7.37 Å². The van der Waals surface area contributed by atoms with Crippen LogP contribution < -0.4 is 5.32 Å². The lowest BCUT2D eigenvalue weighted by atomic mass is 10.1. The van der Waals surface area contributed by atoms with Crippen molar-refractivity contribution in [3.05, 3.63) is 71.8 Å². The number of aryl methyl sites for hydroxylation is 1. The van der Waals surface area contributed by atoms with Crippen LogP contribution in [0.2, 0.25) is 0 Å². The quantitative estimate of drug-likeness (QED) is 0.445. The first-order valence-corrected chi connectivity index (χ1v) is 11.1. The molecule has 0 saturated carbocycles. The number of hydrogen-bond donors (Lipinski definition) is 1. The number of hydrogen-bond acceptors (Lipinski definition) is 5. The molecule has 1 amide bonds. The highest BCUT2D eigenvalue weighted by molar-refractivity contribution is 7.60. The smallest absolute Gasteiger partial charge is 0.407 e. The molecular formula is C21H26NO5P. The fourth-order valence-corrected chi connectivity index (χ4v) is 4.70. The molecule has 2 atom stereocenters. The van der Waals surface area contributed by atoms with Gasteiger partial charge in [0.25, 0.3) is 0 Å². The Bertz CT molecular complexity index is 782. The Kier molecular flexibility index (Phi) is 8.92. The molecule has 0 aromatic heterocycles. The molecule has 2 aromatic rings. The number of amides is 1. The summed E-state index contributed by atoms with van der Waals surface area (Å²) in [6.45, 7) is 1.98. The first kappa shape index (κ1) is 21.9. The van der Waals surface area contributed by atoms with Crippen LogP contribution in [0.3, 0.4) is 0 Å². The van der Waals surface area contributed by atoms with E-state index in [1.807, 2.05) is 60.7 Å². The minimum absolute atomic E-state index is 0.0955. The highest BCUT2D eigenvalue weighted by Crippen LogP contribution is 2.52. The molecule has 6 nitrogen and oxygen atoms in total. The van der Waals surface area contributed by atoms with Crippen LogP contribution in [-0.2, 0) is 31.6 Å². The van der Waals surface area contributed by atoms with Crippen molar-refractivity contribution in [1.82, 2.24) is 5.32 Å². The molecule has 28 heavy (non-hydrogen) atoms. The van der Waals surface area contributed by atoms with Gasteiger partial charge < -0.3 is 19.4 Å². The molecule has 0 saturated heterocycles. The second-order valence-electron chi connectivity index (χ2n) is 6.24. The average molecular weight is 403 g/mol. The maximum Gasteiger partial charge on any atom is 0.407 e. The van der Waals surface area contributed by atoms with Crippen molar-refractivity contribution in [3.63, 3.8) is 0 Å². The summed E-state index contributed by atoms with van der Waals surface area (Å²) in [5, 5.41) is 2.64. The summed E-state index contributed by atoms with van der Waals surface area (Å²) in [6.07, 6.45) is 0.577. The number of rotatable bonds is 11. The van der Waals surface area contributed by atoms with Crippen LogP contribution in [0.15, 0.2) is 60.7 Å². The van der Waals surface area contributed by atoms with Crippen molar-refractivity contribution in [3.8, 4) is 0 Å². The van der Waals surface area contributed by atoms with Crippen molar-refractivity contribution in [2.75, 3.05) is 12.8 Å². The zero-order valence-electron chi connectivity index (χ0n) is 16.0. The summed E-state index contributed by atoms with van der Waals surface area (Å²) < 4.78 is 24.2. The standard InChI is InChI=1S/C21H26NO5P/c1-2-26-21(24)22-20(14-13-18-9-5-3-6-10-18)28(25,16-15-23)27-17-19-11-7-4-8-12-19/h3-12,15,20H,2,13-14,16-17H2,1H3,(H,22,24). The Morgan fingerprint density at radius 3 is 2.25 bits per heavy atom. The first-order chi connectivity index (χ1) is 13.6. The minimum Gasteiger partial charge on any atom is -0.450 e. The molecule has 0 fully saturated rings. The van der Waals surface area contributed by atoms with Gasteiger partial charge in [0.2, 0.25) is 7.37 Å². The van der Waals surface area contributed by atoms with Gasteiger partial charge in [0.05, 0.1) is 19.4 Å². The minimum atomic E-state index is -3.49. The van der Waals surface area contributed by atoms with Gasteiger partial charge in [-0.2, -0.15) is 0 Å². The molecule has 2 rings (SSSR count). The number of nitrogens with one attached hydrogen (secondary N) is 1. The van der Waals surface area contributed by atoms with E-state index in [1.54, 1.807) is 6.92 Å². The molecule has 0 aliphatic rings. The van der Waals surface area contributed by atoms with Crippen molar-refractivity contribution >= 4 is 19.7 Å². The number of ether oxygens (including phenoxy) is 1. The Labute approximate surface area is 165 Å². The third-order valence-electron chi connectivity index (χ3n) is 4.21. The summed E-state index contributed by atoms with van der Waals surface area (Å²) in [5.41, 5.74) is 1.88. The van der Waals surface area contributed by atoms with Crippen molar-refractivity contribution in [2.45, 2.75) is 32.2 Å². The van der Waals surface area contributed by atoms with Crippen LogP contribution in [0, 0.1) is 0 Å². The van der Waals surface area contributed by atoms with Gasteiger partial charge in [0, 0.05) is 0 Å². The molecule has 2 unspecified atom stereocenters. The monoisotopic (exact) mass is 403 g/mol. The molecule has 2 aromatic carbocycles. The van der Waals surface area contributed by atoms with E-state index < -0.39 is 19.2 Å². The zero-order valence-corrected chi connectivity index (χ0v) is 16.8. The van der Waals surface area contributed by atoms with Gasteiger partial charge in [-0.1, -0.05) is 60.7 Å². The zero-order chi connectivity index (χ0) is 20.2. The van der Waals surface area contributed by atoms with Gasteiger partial charge in [-0.05, 0) is 30.9 Å². The van der Waals surface area contributed by atoms with Gasteiger partial charge in [-0.3, -0.25) is 4.57 Å². The molecule has 0 aliphatic carbocycles. The van der Waals surface area contributed by atoms with E-state index in [1.165, 1.54) is 0 Å². The topological polar surface area (TPSA) is 81.7 Å². The van der Waals surface area contributed by atoms with E-state index in [0.717, 1.165) is 11.1 Å². The second-order valence-corrected chi connectivity index (χ2v) is 8.94. The summed E-state index contributed by atoms with van der Waals surface area (Å²) in [7, 11) is -3.49. The maximum atomic E-state index is 13.5.